The van der Waals surface area contributed by atoms with E-state index in [1.807, 2.05) is 13.1 Å². The van der Waals surface area contributed by atoms with Gasteiger partial charge in [0.25, 0.3) is 0 Å². The maximum atomic E-state index is 6.00. The van der Waals surface area contributed by atoms with Crippen molar-refractivity contribution in [3.63, 3.8) is 0 Å². The van der Waals surface area contributed by atoms with E-state index in [-0.39, 0.29) is 0 Å². The van der Waals surface area contributed by atoms with Gasteiger partial charge in [0.1, 0.15) is 12.4 Å². The zero-order valence-corrected chi connectivity index (χ0v) is 14.0. The molecule has 120 valence electrons. The predicted octanol–water partition coefficient (Wildman–Crippen LogP) is 3.69. The molecular formula is C18H32N2O. The molecule has 0 aliphatic heterocycles. The highest BCUT2D eigenvalue weighted by Crippen LogP contribution is 2.17. The first kappa shape index (κ1) is 18.0. The van der Waals surface area contributed by atoms with E-state index >= 15 is 0 Å². The summed E-state index contributed by atoms with van der Waals surface area (Å²) in [7, 11) is 1.97. The minimum atomic E-state index is 0.772. The molecule has 0 saturated carbocycles. The fourth-order valence-corrected chi connectivity index (χ4v) is 2.36. The van der Waals surface area contributed by atoms with Crippen LogP contribution in [0, 0.1) is 0 Å². The molecule has 21 heavy (non-hydrogen) atoms. The van der Waals surface area contributed by atoms with Crippen molar-refractivity contribution in [2.45, 2.75) is 46.1 Å². The number of hydrogen-bond acceptors (Lipinski definition) is 3. The van der Waals surface area contributed by atoms with Gasteiger partial charge in [0.2, 0.25) is 0 Å². The van der Waals surface area contributed by atoms with E-state index in [0.717, 1.165) is 25.4 Å². The topological polar surface area (TPSA) is 24.5 Å². The van der Waals surface area contributed by atoms with Crippen LogP contribution in [0.5, 0.6) is 5.75 Å². The highest BCUT2D eigenvalue weighted by atomic mass is 16.5. The van der Waals surface area contributed by atoms with Gasteiger partial charge in [-0.1, -0.05) is 44.9 Å². The Morgan fingerprint density at radius 2 is 1.67 bits per heavy atom. The first-order chi connectivity index (χ1) is 10.3. The number of para-hydroxylation sites is 1. The van der Waals surface area contributed by atoms with Crippen LogP contribution in [0.1, 0.15) is 45.1 Å². The fraction of sp³-hybridized carbons (Fsp3) is 0.667. The largest absolute Gasteiger partial charge is 0.492 e. The molecule has 3 heteroatoms. The second-order valence-corrected chi connectivity index (χ2v) is 5.54. The van der Waals surface area contributed by atoms with Gasteiger partial charge in [-0.2, -0.15) is 0 Å². The predicted molar refractivity (Wildman–Crippen MR) is 91.0 cm³/mol. The summed E-state index contributed by atoms with van der Waals surface area (Å²) in [5.74, 6) is 1.01. The van der Waals surface area contributed by atoms with Crippen molar-refractivity contribution in [1.29, 1.82) is 0 Å². The Balaban J connectivity index is 2.41. The Bertz CT molecular complexity index is 360. The molecule has 0 aliphatic carbocycles. The number of nitrogens with zero attached hydrogens (tertiary/aromatic N) is 1. The van der Waals surface area contributed by atoms with Gasteiger partial charge < -0.3 is 10.1 Å². The lowest BCUT2D eigenvalue weighted by molar-refractivity contribution is 0.203. The number of nitrogens with one attached hydrogen (secondary N) is 1. The maximum absolute atomic E-state index is 6.00. The minimum absolute atomic E-state index is 0.772. The first-order valence-corrected chi connectivity index (χ1v) is 8.39. The molecule has 1 aromatic rings. The molecule has 0 saturated heterocycles. The summed E-state index contributed by atoms with van der Waals surface area (Å²) < 4.78 is 6.00. The van der Waals surface area contributed by atoms with Crippen LogP contribution in [-0.4, -0.2) is 38.2 Å². The zero-order chi connectivity index (χ0) is 15.3. The standard InChI is InChI=1S/C18H32N2O/c1-4-6-12-20(13-7-5-2)14-15-21-18-11-9-8-10-17(18)16-19-3/h8-11,19H,4-7,12-16H2,1-3H3. The molecule has 0 radical (unpaired) electrons. The SMILES string of the molecule is CCCCN(CCCC)CCOc1ccccc1CNC. The number of unbranched alkanes of at least 4 members (excludes halogenated alkanes) is 2. The molecule has 1 aromatic carbocycles. The molecule has 0 fully saturated rings. The van der Waals surface area contributed by atoms with E-state index in [1.54, 1.807) is 0 Å². The highest BCUT2D eigenvalue weighted by Gasteiger charge is 2.06. The van der Waals surface area contributed by atoms with Gasteiger partial charge in [-0.3, -0.25) is 4.90 Å². The number of benzene rings is 1. The summed E-state index contributed by atoms with van der Waals surface area (Å²) in [6.07, 6.45) is 5.07. The average molecular weight is 292 g/mol. The van der Waals surface area contributed by atoms with Crippen LogP contribution < -0.4 is 10.1 Å². The summed E-state index contributed by atoms with van der Waals surface area (Å²) in [6.45, 7) is 9.54. The van der Waals surface area contributed by atoms with Gasteiger partial charge in [-0.15, -0.1) is 0 Å². The minimum Gasteiger partial charge on any atom is -0.492 e. The van der Waals surface area contributed by atoms with Gasteiger partial charge >= 0.3 is 0 Å². The number of rotatable bonds is 12. The van der Waals surface area contributed by atoms with E-state index in [9.17, 15) is 0 Å². The molecule has 0 spiro atoms. The van der Waals surface area contributed by atoms with Gasteiger partial charge in [0.15, 0.2) is 0 Å². The highest BCUT2D eigenvalue weighted by molar-refractivity contribution is 5.33. The summed E-state index contributed by atoms with van der Waals surface area (Å²) >= 11 is 0. The summed E-state index contributed by atoms with van der Waals surface area (Å²) in [5.41, 5.74) is 1.23. The second kappa shape index (κ2) is 11.6. The summed E-state index contributed by atoms with van der Waals surface area (Å²) in [5, 5.41) is 3.19. The van der Waals surface area contributed by atoms with Crippen LogP contribution in [-0.2, 0) is 6.54 Å². The summed E-state index contributed by atoms with van der Waals surface area (Å²) in [6, 6.07) is 8.29. The molecule has 0 amide bonds. The van der Waals surface area contributed by atoms with Gasteiger partial charge in [0, 0.05) is 18.7 Å². The van der Waals surface area contributed by atoms with Crippen LogP contribution in [0.15, 0.2) is 24.3 Å². The van der Waals surface area contributed by atoms with Crippen LogP contribution in [0.25, 0.3) is 0 Å². The van der Waals surface area contributed by atoms with Crippen LogP contribution in [0.2, 0.25) is 0 Å². The van der Waals surface area contributed by atoms with Crippen molar-refractivity contribution in [3.05, 3.63) is 29.8 Å². The fourth-order valence-electron chi connectivity index (χ4n) is 2.36. The molecule has 0 aliphatic rings. The van der Waals surface area contributed by atoms with E-state index in [1.165, 1.54) is 44.3 Å². The number of hydrogen-bond donors (Lipinski definition) is 1. The van der Waals surface area contributed by atoms with Crippen molar-refractivity contribution in [1.82, 2.24) is 10.2 Å². The Morgan fingerprint density at radius 1 is 1.00 bits per heavy atom. The Kier molecular flexibility index (Phi) is 9.92. The molecule has 1 N–H and O–H groups in total. The van der Waals surface area contributed by atoms with Crippen molar-refractivity contribution in [2.75, 3.05) is 33.3 Å². The molecule has 0 aromatic heterocycles. The van der Waals surface area contributed by atoms with Gasteiger partial charge in [-0.05, 0) is 39.0 Å². The van der Waals surface area contributed by atoms with Gasteiger partial charge in [-0.25, -0.2) is 0 Å². The lowest BCUT2D eigenvalue weighted by Gasteiger charge is -2.22. The van der Waals surface area contributed by atoms with E-state index in [0.29, 0.717) is 0 Å². The molecule has 0 bridgehead atoms. The van der Waals surface area contributed by atoms with Crippen LogP contribution in [0.4, 0.5) is 0 Å². The van der Waals surface area contributed by atoms with Crippen molar-refractivity contribution in [3.8, 4) is 5.75 Å². The smallest absolute Gasteiger partial charge is 0.123 e. The molecule has 0 heterocycles. The van der Waals surface area contributed by atoms with Crippen molar-refractivity contribution in [2.24, 2.45) is 0 Å². The third kappa shape index (κ3) is 7.49. The molecule has 3 nitrogen and oxygen atoms in total. The van der Waals surface area contributed by atoms with Crippen LogP contribution >= 0.6 is 0 Å². The normalized spacial score (nSPS) is 11.0. The van der Waals surface area contributed by atoms with Crippen LogP contribution in [0.3, 0.4) is 0 Å². The first-order valence-electron chi connectivity index (χ1n) is 8.39. The third-order valence-electron chi connectivity index (χ3n) is 3.66. The van der Waals surface area contributed by atoms with E-state index < -0.39 is 0 Å². The molecule has 1 rings (SSSR count). The Morgan fingerprint density at radius 3 is 2.29 bits per heavy atom. The van der Waals surface area contributed by atoms with Crippen molar-refractivity contribution < 1.29 is 4.74 Å². The monoisotopic (exact) mass is 292 g/mol. The summed E-state index contributed by atoms with van der Waals surface area (Å²) in [4.78, 5) is 2.54. The lowest BCUT2D eigenvalue weighted by Crippen LogP contribution is -2.30. The van der Waals surface area contributed by atoms with E-state index in [2.05, 4.69) is 42.3 Å². The lowest BCUT2D eigenvalue weighted by atomic mass is 10.2. The van der Waals surface area contributed by atoms with E-state index in [4.69, 9.17) is 4.74 Å². The number of ether oxygens (including phenoxy) is 1. The third-order valence-corrected chi connectivity index (χ3v) is 3.66. The van der Waals surface area contributed by atoms with Gasteiger partial charge in [0.05, 0.1) is 0 Å². The van der Waals surface area contributed by atoms with Crippen molar-refractivity contribution >= 4 is 0 Å². The average Bonchev–Trinajstić information content (AvgIpc) is 2.51. The molecule has 0 unspecified atom stereocenters. The zero-order valence-electron chi connectivity index (χ0n) is 14.0. The molecule has 0 atom stereocenters. The maximum Gasteiger partial charge on any atom is 0.123 e. The Labute approximate surface area is 130 Å². The second-order valence-electron chi connectivity index (χ2n) is 5.54. The quantitative estimate of drug-likeness (QED) is 0.636. The Hall–Kier alpha value is -1.06. The molecular weight excluding hydrogens is 260 g/mol.